The summed E-state index contributed by atoms with van der Waals surface area (Å²) in [5, 5.41) is 12.2. The topological polar surface area (TPSA) is 66.6 Å². The summed E-state index contributed by atoms with van der Waals surface area (Å²) in [6.07, 6.45) is 1.75. The first-order chi connectivity index (χ1) is 9.18. The summed E-state index contributed by atoms with van der Waals surface area (Å²) < 4.78 is 0. The fraction of sp³-hybridized carbons (Fsp3) is 0.267. The monoisotopic (exact) mass is 256 g/mol. The Morgan fingerprint density at radius 2 is 2.05 bits per heavy atom. The van der Waals surface area contributed by atoms with Crippen LogP contribution in [0.3, 0.4) is 0 Å². The molecule has 19 heavy (non-hydrogen) atoms. The molecule has 4 nitrogen and oxygen atoms in total. The molecule has 1 heterocycles. The van der Waals surface area contributed by atoms with E-state index in [4.69, 9.17) is 5.73 Å². The summed E-state index contributed by atoms with van der Waals surface area (Å²) in [6.45, 7) is 0.655. The third kappa shape index (κ3) is 1.89. The summed E-state index contributed by atoms with van der Waals surface area (Å²) in [6, 6.07) is 10.9. The Labute approximate surface area is 111 Å². The number of urea groups is 1. The van der Waals surface area contributed by atoms with Gasteiger partial charge in [0.1, 0.15) is 5.75 Å². The predicted molar refractivity (Wildman–Crippen MR) is 73.9 cm³/mol. The molecular formula is C15H16N2O2. The fourth-order valence-electron chi connectivity index (χ4n) is 2.96. The molecule has 1 aliphatic rings. The number of hydrogen-bond acceptors (Lipinski definition) is 2. The Morgan fingerprint density at radius 3 is 2.84 bits per heavy atom. The van der Waals surface area contributed by atoms with Crippen molar-refractivity contribution in [1.82, 2.24) is 4.90 Å². The molecule has 2 aromatic carbocycles. The molecule has 1 fully saturated rings. The number of phenols is 1. The Balaban J connectivity index is 2.18. The second kappa shape index (κ2) is 4.46. The van der Waals surface area contributed by atoms with E-state index in [1.54, 1.807) is 11.0 Å². The highest BCUT2D eigenvalue weighted by Gasteiger charge is 2.31. The third-order valence-electron chi connectivity index (χ3n) is 3.82. The average molecular weight is 256 g/mol. The van der Waals surface area contributed by atoms with Gasteiger partial charge in [0.05, 0.1) is 6.04 Å². The molecule has 2 amide bonds. The molecule has 0 spiro atoms. The van der Waals surface area contributed by atoms with Crippen molar-refractivity contribution >= 4 is 16.8 Å². The third-order valence-corrected chi connectivity index (χ3v) is 3.82. The molecule has 0 aliphatic carbocycles. The number of fused-ring (bicyclic) bond motifs is 1. The molecule has 0 saturated carbocycles. The van der Waals surface area contributed by atoms with Crippen molar-refractivity contribution in [3.05, 3.63) is 42.0 Å². The molecule has 0 bridgehead atoms. The highest BCUT2D eigenvalue weighted by molar-refractivity contribution is 5.88. The maximum Gasteiger partial charge on any atom is 0.315 e. The Morgan fingerprint density at radius 1 is 1.26 bits per heavy atom. The highest BCUT2D eigenvalue weighted by atomic mass is 16.3. The number of phenolic OH excluding ortho intramolecular Hbond substituents is 1. The first kappa shape index (κ1) is 11.8. The van der Waals surface area contributed by atoms with E-state index in [2.05, 4.69) is 0 Å². The molecule has 1 unspecified atom stereocenters. The van der Waals surface area contributed by atoms with E-state index in [1.165, 1.54) is 0 Å². The van der Waals surface area contributed by atoms with Crippen LogP contribution in [0.15, 0.2) is 36.4 Å². The molecule has 2 aromatic rings. The van der Waals surface area contributed by atoms with Crippen molar-refractivity contribution in [2.75, 3.05) is 6.54 Å². The van der Waals surface area contributed by atoms with Crippen LogP contribution in [0.1, 0.15) is 24.4 Å². The van der Waals surface area contributed by atoms with Gasteiger partial charge in [-0.1, -0.05) is 30.3 Å². The normalized spacial score (nSPS) is 18.9. The number of nitrogens with two attached hydrogens (primary N) is 1. The molecule has 98 valence electrons. The van der Waals surface area contributed by atoms with E-state index >= 15 is 0 Å². The summed E-state index contributed by atoms with van der Waals surface area (Å²) in [4.78, 5) is 13.1. The van der Waals surface area contributed by atoms with Gasteiger partial charge in [-0.15, -0.1) is 0 Å². The van der Waals surface area contributed by atoms with Gasteiger partial charge in [-0.25, -0.2) is 4.79 Å². The van der Waals surface area contributed by atoms with E-state index in [0.29, 0.717) is 6.54 Å². The number of amides is 2. The summed E-state index contributed by atoms with van der Waals surface area (Å²) >= 11 is 0. The lowest BCUT2D eigenvalue weighted by atomic mass is 9.96. The molecule has 3 N–H and O–H groups in total. The van der Waals surface area contributed by atoms with Gasteiger partial charge in [0.2, 0.25) is 0 Å². The van der Waals surface area contributed by atoms with Gasteiger partial charge in [-0.3, -0.25) is 0 Å². The van der Waals surface area contributed by atoms with Crippen LogP contribution in [0, 0.1) is 0 Å². The maximum absolute atomic E-state index is 11.5. The molecule has 1 aliphatic heterocycles. The van der Waals surface area contributed by atoms with E-state index in [1.807, 2.05) is 30.3 Å². The van der Waals surface area contributed by atoms with Crippen LogP contribution in [0.25, 0.3) is 10.8 Å². The van der Waals surface area contributed by atoms with Crippen LogP contribution in [0.2, 0.25) is 0 Å². The number of likely N-dealkylation sites (tertiary alicyclic amines) is 1. The Kier molecular flexibility index (Phi) is 2.78. The first-order valence-corrected chi connectivity index (χ1v) is 6.45. The van der Waals surface area contributed by atoms with Crippen molar-refractivity contribution in [2.24, 2.45) is 5.73 Å². The molecule has 3 rings (SSSR count). The second-order valence-corrected chi connectivity index (χ2v) is 4.91. The minimum Gasteiger partial charge on any atom is -0.508 e. The zero-order chi connectivity index (χ0) is 13.4. The minimum absolute atomic E-state index is 0.122. The van der Waals surface area contributed by atoms with Crippen LogP contribution in [-0.2, 0) is 0 Å². The van der Waals surface area contributed by atoms with E-state index in [0.717, 1.165) is 29.2 Å². The minimum atomic E-state index is -0.421. The molecule has 1 atom stereocenters. The number of hydrogen-bond donors (Lipinski definition) is 2. The van der Waals surface area contributed by atoms with E-state index in [-0.39, 0.29) is 11.8 Å². The van der Waals surface area contributed by atoms with Crippen molar-refractivity contribution in [3.63, 3.8) is 0 Å². The molecule has 1 saturated heterocycles. The van der Waals surface area contributed by atoms with Gasteiger partial charge >= 0.3 is 6.03 Å². The number of carbonyl (C=O) groups excluding carboxylic acids is 1. The number of rotatable bonds is 1. The summed E-state index contributed by atoms with van der Waals surface area (Å²) in [7, 11) is 0. The zero-order valence-electron chi connectivity index (χ0n) is 10.5. The predicted octanol–water partition coefficient (Wildman–Crippen LogP) is 2.76. The van der Waals surface area contributed by atoms with Crippen LogP contribution in [-0.4, -0.2) is 22.6 Å². The number of carbonyl (C=O) groups is 1. The lowest BCUT2D eigenvalue weighted by molar-refractivity contribution is 0.202. The van der Waals surface area contributed by atoms with E-state index < -0.39 is 6.03 Å². The Hall–Kier alpha value is -2.23. The van der Waals surface area contributed by atoms with Gasteiger partial charge in [-0.2, -0.15) is 0 Å². The van der Waals surface area contributed by atoms with Crippen LogP contribution in [0.5, 0.6) is 5.75 Å². The summed E-state index contributed by atoms with van der Waals surface area (Å²) in [5.74, 6) is 0.233. The highest BCUT2D eigenvalue weighted by Crippen LogP contribution is 2.40. The van der Waals surface area contributed by atoms with Crippen molar-refractivity contribution in [2.45, 2.75) is 18.9 Å². The van der Waals surface area contributed by atoms with Gasteiger partial charge in [0.25, 0.3) is 0 Å². The number of benzene rings is 2. The number of nitrogens with zero attached hydrogens (tertiary/aromatic N) is 1. The van der Waals surface area contributed by atoms with Gasteiger partial charge in [0, 0.05) is 12.1 Å². The fourth-order valence-corrected chi connectivity index (χ4v) is 2.96. The van der Waals surface area contributed by atoms with Crippen molar-refractivity contribution in [3.8, 4) is 5.75 Å². The van der Waals surface area contributed by atoms with Gasteiger partial charge in [-0.05, 0) is 29.7 Å². The standard InChI is InChI=1S/C15H16N2O2/c16-15(19)17-9-3-6-12(17)14-11-5-2-1-4-10(11)7-8-13(14)18/h1-2,4-5,7-8,12,18H,3,6,9H2,(H2,16,19). The van der Waals surface area contributed by atoms with Gasteiger partial charge < -0.3 is 15.7 Å². The lowest BCUT2D eigenvalue weighted by Crippen LogP contribution is -2.35. The Bertz CT molecular complexity index is 639. The van der Waals surface area contributed by atoms with Gasteiger partial charge in [0.15, 0.2) is 0 Å². The molecule has 0 radical (unpaired) electrons. The lowest BCUT2D eigenvalue weighted by Gasteiger charge is -2.25. The van der Waals surface area contributed by atoms with E-state index in [9.17, 15) is 9.90 Å². The largest absolute Gasteiger partial charge is 0.508 e. The van der Waals surface area contributed by atoms with Crippen molar-refractivity contribution in [1.29, 1.82) is 0 Å². The van der Waals surface area contributed by atoms with Crippen LogP contribution >= 0.6 is 0 Å². The molecule has 0 aromatic heterocycles. The van der Waals surface area contributed by atoms with Crippen LogP contribution < -0.4 is 5.73 Å². The van der Waals surface area contributed by atoms with Crippen LogP contribution in [0.4, 0.5) is 4.79 Å². The second-order valence-electron chi connectivity index (χ2n) is 4.91. The SMILES string of the molecule is NC(=O)N1CCCC1c1c(O)ccc2ccccc12. The smallest absolute Gasteiger partial charge is 0.315 e. The quantitative estimate of drug-likeness (QED) is 0.823. The first-order valence-electron chi connectivity index (χ1n) is 6.45. The zero-order valence-corrected chi connectivity index (χ0v) is 10.5. The number of primary amides is 1. The maximum atomic E-state index is 11.5. The number of aromatic hydroxyl groups is 1. The molecule has 4 heteroatoms. The molecular weight excluding hydrogens is 240 g/mol. The summed E-state index contributed by atoms with van der Waals surface area (Å²) in [5.41, 5.74) is 6.24. The van der Waals surface area contributed by atoms with Crippen molar-refractivity contribution < 1.29 is 9.90 Å². The average Bonchev–Trinajstić information content (AvgIpc) is 2.87.